The third-order valence-corrected chi connectivity index (χ3v) is 7.81. The van der Waals surface area contributed by atoms with Crippen LogP contribution in [-0.4, -0.2) is 90.0 Å². The minimum Gasteiger partial charge on any atom is -0.347 e. The van der Waals surface area contributed by atoms with Crippen molar-refractivity contribution in [2.45, 2.75) is 38.3 Å². The van der Waals surface area contributed by atoms with Gasteiger partial charge in [-0.25, -0.2) is 9.97 Å². The van der Waals surface area contributed by atoms with Crippen LogP contribution < -0.4 is 4.90 Å². The average molecular weight is 415 g/mol. The van der Waals surface area contributed by atoms with E-state index in [-0.39, 0.29) is 5.91 Å². The van der Waals surface area contributed by atoms with Crippen molar-refractivity contribution in [1.82, 2.24) is 24.7 Å². The number of nitrogens with zero attached hydrogens (tertiary/aromatic N) is 6. The summed E-state index contributed by atoms with van der Waals surface area (Å²) in [5.74, 6) is 1.04. The summed E-state index contributed by atoms with van der Waals surface area (Å²) in [5, 5.41) is 1.19. The maximum Gasteiger partial charge on any atom is 0.236 e. The van der Waals surface area contributed by atoms with Gasteiger partial charge in [-0.05, 0) is 24.8 Å². The van der Waals surface area contributed by atoms with Gasteiger partial charge in [-0.3, -0.25) is 14.6 Å². The molecule has 3 aliphatic rings. The number of anilines is 1. The third-order valence-electron chi connectivity index (χ3n) is 6.68. The highest BCUT2D eigenvalue weighted by Gasteiger charge is 2.30. The number of fused-ring (bicyclic) bond motifs is 3. The number of rotatable bonds is 4. The second-order valence-corrected chi connectivity index (χ2v) is 9.83. The van der Waals surface area contributed by atoms with Crippen LogP contribution in [0.3, 0.4) is 0 Å². The van der Waals surface area contributed by atoms with E-state index in [1.807, 2.05) is 25.2 Å². The molecule has 7 nitrogen and oxygen atoms in total. The van der Waals surface area contributed by atoms with E-state index in [2.05, 4.69) is 19.7 Å². The first-order valence-electron chi connectivity index (χ1n) is 10.8. The minimum absolute atomic E-state index is 0.289. The smallest absolute Gasteiger partial charge is 0.236 e. The lowest BCUT2D eigenvalue weighted by molar-refractivity contribution is -0.135. The van der Waals surface area contributed by atoms with E-state index in [1.165, 1.54) is 35.1 Å². The molecule has 0 bridgehead atoms. The molecule has 0 spiro atoms. The van der Waals surface area contributed by atoms with Crippen LogP contribution in [0.4, 0.5) is 5.95 Å². The van der Waals surface area contributed by atoms with Gasteiger partial charge in [0.15, 0.2) is 0 Å². The SMILES string of the molecule is CN(C)c1ncc2c3c(sc2n1)CN(CC(=O)N1CCN(C2CCC2)CC1)CC3. The predicted molar refractivity (Wildman–Crippen MR) is 117 cm³/mol. The fraction of sp³-hybridized carbons (Fsp3) is 0.667. The molecule has 8 heteroatoms. The van der Waals surface area contributed by atoms with E-state index in [4.69, 9.17) is 4.98 Å². The Hall–Kier alpha value is -1.77. The summed E-state index contributed by atoms with van der Waals surface area (Å²) in [6, 6.07) is 0.789. The first-order valence-corrected chi connectivity index (χ1v) is 11.6. The molecule has 2 aromatic rings. The summed E-state index contributed by atoms with van der Waals surface area (Å²) in [5.41, 5.74) is 1.38. The molecule has 2 aromatic heterocycles. The van der Waals surface area contributed by atoms with E-state index in [0.717, 1.165) is 62.5 Å². The van der Waals surface area contributed by atoms with Crippen molar-refractivity contribution in [3.8, 4) is 0 Å². The molecule has 0 aromatic carbocycles. The molecule has 5 rings (SSSR count). The summed E-state index contributed by atoms with van der Waals surface area (Å²) in [7, 11) is 3.93. The summed E-state index contributed by atoms with van der Waals surface area (Å²) in [6.45, 7) is 6.18. The number of hydrogen-bond acceptors (Lipinski definition) is 7. The third kappa shape index (κ3) is 3.73. The van der Waals surface area contributed by atoms with Gasteiger partial charge in [0, 0.05) is 75.9 Å². The van der Waals surface area contributed by atoms with Crippen LogP contribution in [-0.2, 0) is 17.8 Å². The molecule has 1 aliphatic carbocycles. The van der Waals surface area contributed by atoms with E-state index < -0.39 is 0 Å². The molecule has 0 N–H and O–H groups in total. The molecule has 4 heterocycles. The van der Waals surface area contributed by atoms with Gasteiger partial charge in [0.1, 0.15) is 4.83 Å². The van der Waals surface area contributed by atoms with Gasteiger partial charge in [0.05, 0.1) is 6.54 Å². The lowest BCUT2D eigenvalue weighted by Crippen LogP contribution is -2.55. The monoisotopic (exact) mass is 414 g/mol. The van der Waals surface area contributed by atoms with Crippen LogP contribution in [0.1, 0.15) is 29.7 Å². The first kappa shape index (κ1) is 19.2. The Labute approximate surface area is 176 Å². The number of amides is 1. The predicted octanol–water partition coefficient (Wildman–Crippen LogP) is 1.81. The number of carbonyl (C=O) groups excluding carboxylic acids is 1. The van der Waals surface area contributed by atoms with E-state index in [1.54, 1.807) is 11.3 Å². The Kier molecular flexibility index (Phi) is 5.17. The lowest BCUT2D eigenvalue weighted by Gasteiger charge is -2.43. The molecule has 156 valence electrons. The molecule has 0 atom stereocenters. The lowest BCUT2D eigenvalue weighted by atomic mass is 9.91. The van der Waals surface area contributed by atoms with Gasteiger partial charge >= 0.3 is 0 Å². The zero-order valence-electron chi connectivity index (χ0n) is 17.4. The van der Waals surface area contributed by atoms with Crippen molar-refractivity contribution >= 4 is 33.4 Å². The zero-order chi connectivity index (χ0) is 20.0. The number of thiophene rings is 1. The van der Waals surface area contributed by atoms with Crippen LogP contribution >= 0.6 is 11.3 Å². The molecule has 2 aliphatic heterocycles. The minimum atomic E-state index is 0.289. The summed E-state index contributed by atoms with van der Waals surface area (Å²) < 4.78 is 0. The van der Waals surface area contributed by atoms with Crippen molar-refractivity contribution in [3.05, 3.63) is 16.6 Å². The van der Waals surface area contributed by atoms with Crippen LogP contribution in [0.2, 0.25) is 0 Å². The molecule has 1 saturated heterocycles. The van der Waals surface area contributed by atoms with Crippen LogP contribution in [0.5, 0.6) is 0 Å². The average Bonchev–Trinajstić information content (AvgIpc) is 3.04. The Balaban J connectivity index is 1.20. The molecular formula is C21H30N6OS. The molecule has 0 radical (unpaired) electrons. The van der Waals surface area contributed by atoms with E-state index >= 15 is 0 Å². The van der Waals surface area contributed by atoms with Crippen molar-refractivity contribution in [2.24, 2.45) is 0 Å². The zero-order valence-corrected chi connectivity index (χ0v) is 18.2. The second-order valence-electron chi connectivity index (χ2n) is 8.75. The van der Waals surface area contributed by atoms with Gasteiger partial charge in [0.25, 0.3) is 0 Å². The van der Waals surface area contributed by atoms with Crippen molar-refractivity contribution in [2.75, 3.05) is 58.3 Å². The van der Waals surface area contributed by atoms with Crippen molar-refractivity contribution in [1.29, 1.82) is 0 Å². The number of carbonyl (C=O) groups is 1. The normalized spacial score (nSPS) is 21.2. The molecular weight excluding hydrogens is 384 g/mol. The van der Waals surface area contributed by atoms with Crippen LogP contribution in [0.25, 0.3) is 10.2 Å². The van der Waals surface area contributed by atoms with Crippen molar-refractivity contribution in [3.63, 3.8) is 0 Å². The fourth-order valence-electron chi connectivity index (χ4n) is 4.65. The number of aromatic nitrogens is 2. The van der Waals surface area contributed by atoms with Gasteiger partial charge < -0.3 is 9.80 Å². The summed E-state index contributed by atoms with van der Waals surface area (Å²) in [4.78, 5) is 33.4. The summed E-state index contributed by atoms with van der Waals surface area (Å²) >= 11 is 1.76. The highest BCUT2D eigenvalue weighted by Crippen LogP contribution is 2.34. The highest BCUT2D eigenvalue weighted by atomic mass is 32.1. The Bertz CT molecular complexity index is 900. The molecule has 1 amide bonds. The van der Waals surface area contributed by atoms with E-state index in [0.29, 0.717) is 6.54 Å². The number of piperazine rings is 1. The van der Waals surface area contributed by atoms with Crippen LogP contribution in [0, 0.1) is 0 Å². The van der Waals surface area contributed by atoms with Gasteiger partial charge in [0.2, 0.25) is 11.9 Å². The first-order chi connectivity index (χ1) is 14.1. The molecule has 1 saturated carbocycles. The van der Waals surface area contributed by atoms with Crippen LogP contribution in [0.15, 0.2) is 6.20 Å². The molecule has 29 heavy (non-hydrogen) atoms. The van der Waals surface area contributed by atoms with Gasteiger partial charge in [-0.15, -0.1) is 11.3 Å². The van der Waals surface area contributed by atoms with E-state index in [9.17, 15) is 4.79 Å². The quantitative estimate of drug-likeness (QED) is 0.761. The Morgan fingerprint density at radius 2 is 2.00 bits per heavy atom. The highest BCUT2D eigenvalue weighted by molar-refractivity contribution is 7.18. The molecule has 2 fully saturated rings. The second kappa shape index (κ2) is 7.81. The summed E-state index contributed by atoms with van der Waals surface area (Å²) in [6.07, 6.45) is 7.01. The van der Waals surface area contributed by atoms with Gasteiger partial charge in [-0.2, -0.15) is 0 Å². The Morgan fingerprint density at radius 1 is 1.21 bits per heavy atom. The maximum absolute atomic E-state index is 12.9. The molecule has 0 unspecified atom stereocenters. The maximum atomic E-state index is 12.9. The number of hydrogen-bond donors (Lipinski definition) is 0. The fourth-order valence-corrected chi connectivity index (χ4v) is 5.88. The van der Waals surface area contributed by atoms with Gasteiger partial charge in [-0.1, -0.05) is 6.42 Å². The topological polar surface area (TPSA) is 55.8 Å². The van der Waals surface area contributed by atoms with Crippen molar-refractivity contribution < 1.29 is 4.79 Å². The Morgan fingerprint density at radius 3 is 2.69 bits per heavy atom. The standard InChI is InChI=1S/C21H30N6OS/c1-24(2)21-22-12-17-16-6-7-25(13-18(16)29-20(17)23-21)14-19(28)27-10-8-26(9-11-27)15-4-3-5-15/h12,15H,3-11,13-14H2,1-2H3. The largest absolute Gasteiger partial charge is 0.347 e.